The maximum absolute atomic E-state index is 12.4. The van der Waals surface area contributed by atoms with Gasteiger partial charge in [0, 0.05) is 32.0 Å². The highest BCUT2D eigenvalue weighted by molar-refractivity contribution is 5.89. The predicted molar refractivity (Wildman–Crippen MR) is 90.7 cm³/mol. The van der Waals surface area contributed by atoms with E-state index in [9.17, 15) is 9.59 Å². The van der Waals surface area contributed by atoms with Gasteiger partial charge in [-0.2, -0.15) is 0 Å². The van der Waals surface area contributed by atoms with E-state index in [4.69, 9.17) is 4.74 Å². The lowest BCUT2D eigenvalue weighted by Gasteiger charge is -2.31. The van der Waals surface area contributed by atoms with E-state index in [1.807, 2.05) is 4.90 Å². The average molecular weight is 338 g/mol. The summed E-state index contributed by atoms with van der Waals surface area (Å²) in [6.07, 6.45) is 7.34. The number of rotatable bonds is 6. The number of morpholine rings is 1. The molecule has 3 fully saturated rings. The van der Waals surface area contributed by atoms with Gasteiger partial charge < -0.3 is 19.9 Å². The summed E-state index contributed by atoms with van der Waals surface area (Å²) in [5, 5.41) is 3.05. The Morgan fingerprint density at radius 3 is 2.71 bits per heavy atom. The van der Waals surface area contributed by atoms with Crippen molar-refractivity contribution >= 4 is 11.8 Å². The third kappa shape index (κ3) is 4.70. The Labute approximate surface area is 144 Å². The van der Waals surface area contributed by atoms with E-state index in [0.717, 1.165) is 58.7 Å². The van der Waals surface area contributed by atoms with Gasteiger partial charge in [0.05, 0.1) is 25.7 Å². The third-order valence-corrected chi connectivity index (χ3v) is 5.75. The summed E-state index contributed by atoms with van der Waals surface area (Å²) in [6.45, 7) is 6.28. The monoisotopic (exact) mass is 338 g/mol. The second-order valence-electron chi connectivity index (χ2n) is 7.50. The maximum Gasteiger partial charge on any atom is 0.225 e. The molecule has 1 atom stereocenters. The Kier molecular flexibility index (Phi) is 6.49. The molecular formula is C18H32N3O3+. The zero-order valence-electron chi connectivity index (χ0n) is 14.7. The molecule has 3 aliphatic rings. The molecule has 0 spiro atoms. The molecule has 1 aliphatic carbocycles. The smallest absolute Gasteiger partial charge is 0.225 e. The number of hydrogen-bond acceptors (Lipinski definition) is 3. The standard InChI is InChI=1S/C18H31N3O3/c22-17-13-15(14-21(17)16-5-2-1-3-6-16)18(23)19-7-4-8-20-9-11-24-12-10-20/h15-16H,1-14H2,(H,19,23)/p+1. The molecule has 6 nitrogen and oxygen atoms in total. The van der Waals surface area contributed by atoms with Gasteiger partial charge in [-0.15, -0.1) is 0 Å². The number of quaternary nitrogens is 1. The van der Waals surface area contributed by atoms with Gasteiger partial charge in [0.2, 0.25) is 11.8 Å². The van der Waals surface area contributed by atoms with Crippen molar-refractivity contribution in [2.75, 3.05) is 45.9 Å². The highest BCUT2D eigenvalue weighted by Crippen LogP contribution is 2.28. The largest absolute Gasteiger partial charge is 0.370 e. The summed E-state index contributed by atoms with van der Waals surface area (Å²) in [5.41, 5.74) is 0. The molecule has 0 aromatic heterocycles. The van der Waals surface area contributed by atoms with Crippen LogP contribution in [0, 0.1) is 5.92 Å². The van der Waals surface area contributed by atoms with Gasteiger partial charge >= 0.3 is 0 Å². The van der Waals surface area contributed by atoms with E-state index in [0.29, 0.717) is 19.0 Å². The normalized spacial score (nSPS) is 26.8. The number of carbonyl (C=O) groups is 2. The fraction of sp³-hybridized carbons (Fsp3) is 0.889. The van der Waals surface area contributed by atoms with Gasteiger partial charge in [0.15, 0.2) is 0 Å². The van der Waals surface area contributed by atoms with Crippen molar-refractivity contribution < 1.29 is 19.2 Å². The fourth-order valence-corrected chi connectivity index (χ4v) is 4.26. The maximum atomic E-state index is 12.4. The molecule has 2 saturated heterocycles. The van der Waals surface area contributed by atoms with Gasteiger partial charge in [-0.1, -0.05) is 19.3 Å². The Balaban J connectivity index is 1.35. The molecular weight excluding hydrogens is 306 g/mol. The van der Waals surface area contributed by atoms with E-state index in [-0.39, 0.29) is 17.7 Å². The predicted octanol–water partition coefficient (Wildman–Crippen LogP) is -0.411. The van der Waals surface area contributed by atoms with Gasteiger partial charge in [-0.25, -0.2) is 0 Å². The van der Waals surface area contributed by atoms with Crippen LogP contribution in [-0.4, -0.2) is 68.7 Å². The zero-order valence-corrected chi connectivity index (χ0v) is 14.7. The molecule has 0 bridgehead atoms. The first-order valence-corrected chi connectivity index (χ1v) is 9.72. The van der Waals surface area contributed by atoms with Crippen LogP contribution in [0.2, 0.25) is 0 Å². The zero-order chi connectivity index (χ0) is 16.8. The first-order valence-electron chi connectivity index (χ1n) is 9.72. The number of hydrogen-bond donors (Lipinski definition) is 2. The lowest BCUT2D eigenvalue weighted by atomic mass is 9.94. The van der Waals surface area contributed by atoms with Crippen molar-refractivity contribution in [3.8, 4) is 0 Å². The summed E-state index contributed by atoms with van der Waals surface area (Å²) in [6, 6.07) is 0.383. The second-order valence-corrected chi connectivity index (χ2v) is 7.50. The first kappa shape index (κ1) is 17.7. The summed E-state index contributed by atoms with van der Waals surface area (Å²) in [7, 11) is 0. The minimum Gasteiger partial charge on any atom is -0.370 e. The molecule has 0 aromatic rings. The minimum atomic E-state index is -0.143. The van der Waals surface area contributed by atoms with Crippen LogP contribution in [0.3, 0.4) is 0 Å². The first-order chi connectivity index (χ1) is 11.7. The van der Waals surface area contributed by atoms with Gasteiger partial charge in [0.1, 0.15) is 13.1 Å². The van der Waals surface area contributed by atoms with Crippen LogP contribution >= 0.6 is 0 Å². The van der Waals surface area contributed by atoms with Crippen LogP contribution < -0.4 is 10.2 Å². The number of amides is 2. The van der Waals surface area contributed by atoms with Crippen molar-refractivity contribution in [1.82, 2.24) is 10.2 Å². The summed E-state index contributed by atoms with van der Waals surface area (Å²) in [5.74, 6) is 0.105. The highest BCUT2D eigenvalue weighted by Gasteiger charge is 2.37. The summed E-state index contributed by atoms with van der Waals surface area (Å²) >= 11 is 0. The molecule has 24 heavy (non-hydrogen) atoms. The van der Waals surface area contributed by atoms with Crippen molar-refractivity contribution in [2.45, 2.75) is 51.0 Å². The molecule has 2 amide bonds. The number of likely N-dealkylation sites (tertiary alicyclic amines) is 1. The Hall–Kier alpha value is -1.14. The molecule has 1 unspecified atom stereocenters. The van der Waals surface area contributed by atoms with Crippen LogP contribution in [0.1, 0.15) is 44.9 Å². The molecule has 3 rings (SSSR count). The van der Waals surface area contributed by atoms with Gasteiger partial charge in [-0.05, 0) is 12.8 Å². The molecule has 0 aromatic carbocycles. The Morgan fingerprint density at radius 1 is 1.21 bits per heavy atom. The van der Waals surface area contributed by atoms with E-state index >= 15 is 0 Å². The van der Waals surface area contributed by atoms with Crippen molar-refractivity contribution in [3.63, 3.8) is 0 Å². The third-order valence-electron chi connectivity index (χ3n) is 5.75. The van der Waals surface area contributed by atoms with Gasteiger partial charge in [-0.3, -0.25) is 9.59 Å². The van der Waals surface area contributed by atoms with E-state index in [1.54, 1.807) is 4.90 Å². The van der Waals surface area contributed by atoms with E-state index < -0.39 is 0 Å². The lowest BCUT2D eigenvalue weighted by molar-refractivity contribution is -0.908. The number of ether oxygens (including phenoxy) is 1. The lowest BCUT2D eigenvalue weighted by Crippen LogP contribution is -3.14. The molecule has 2 heterocycles. The van der Waals surface area contributed by atoms with Gasteiger partial charge in [0.25, 0.3) is 0 Å². The van der Waals surface area contributed by atoms with Crippen molar-refractivity contribution in [3.05, 3.63) is 0 Å². The second kappa shape index (κ2) is 8.81. The SMILES string of the molecule is O=C(NCCC[NH+]1CCOCC1)C1CC(=O)N(C2CCCCC2)C1. The number of nitrogens with zero attached hydrogens (tertiary/aromatic N) is 1. The number of nitrogens with one attached hydrogen (secondary N) is 2. The average Bonchev–Trinajstić information content (AvgIpc) is 3.02. The highest BCUT2D eigenvalue weighted by atomic mass is 16.5. The van der Waals surface area contributed by atoms with Crippen molar-refractivity contribution in [1.29, 1.82) is 0 Å². The summed E-state index contributed by atoms with van der Waals surface area (Å²) in [4.78, 5) is 28.2. The molecule has 136 valence electrons. The van der Waals surface area contributed by atoms with Crippen molar-refractivity contribution in [2.24, 2.45) is 5.92 Å². The molecule has 1 saturated carbocycles. The van der Waals surface area contributed by atoms with E-state index in [1.165, 1.54) is 19.3 Å². The minimum absolute atomic E-state index is 0.0682. The van der Waals surface area contributed by atoms with Crippen LogP contribution in [0.15, 0.2) is 0 Å². The molecule has 2 aliphatic heterocycles. The summed E-state index contributed by atoms with van der Waals surface area (Å²) < 4.78 is 5.35. The number of carbonyl (C=O) groups excluding carboxylic acids is 2. The molecule has 2 N–H and O–H groups in total. The van der Waals surface area contributed by atoms with Crippen LogP contribution in [0.4, 0.5) is 0 Å². The van der Waals surface area contributed by atoms with Crippen LogP contribution in [-0.2, 0) is 14.3 Å². The van der Waals surface area contributed by atoms with E-state index in [2.05, 4.69) is 5.32 Å². The Bertz CT molecular complexity index is 431. The topological polar surface area (TPSA) is 63.1 Å². The fourth-order valence-electron chi connectivity index (χ4n) is 4.26. The molecule has 0 radical (unpaired) electrons. The Morgan fingerprint density at radius 2 is 1.96 bits per heavy atom. The quantitative estimate of drug-likeness (QED) is 0.647. The molecule has 6 heteroatoms. The van der Waals surface area contributed by atoms with Crippen LogP contribution in [0.5, 0.6) is 0 Å². The van der Waals surface area contributed by atoms with Crippen LogP contribution in [0.25, 0.3) is 0 Å².